The molecule has 0 saturated carbocycles. The Morgan fingerprint density at radius 1 is 1.28 bits per heavy atom. The Balaban J connectivity index is 1.85. The largest absolute Gasteiger partial charge is 0.355 e. The van der Waals surface area contributed by atoms with Crippen molar-refractivity contribution >= 4 is 18.5 Å². The average molecular weight is 356 g/mol. The first-order valence-electron chi connectivity index (χ1n) is 8.41. The van der Waals surface area contributed by atoms with Crippen LogP contribution in [-0.2, 0) is 4.79 Å². The van der Waals surface area contributed by atoms with E-state index in [1.807, 2.05) is 37.3 Å². The maximum Gasteiger partial charge on any atom is 0.235 e. The van der Waals surface area contributed by atoms with Gasteiger partial charge in [0.25, 0.3) is 0 Å². The molecule has 2 rings (SSSR count). The summed E-state index contributed by atoms with van der Waals surface area (Å²) in [7, 11) is 0. The van der Waals surface area contributed by atoms with Gasteiger partial charge in [0.05, 0.1) is 16.0 Å². The van der Waals surface area contributed by atoms with E-state index >= 15 is 0 Å². The topological polar surface area (TPSA) is 55.1 Å². The van der Waals surface area contributed by atoms with Gasteiger partial charge in [-0.05, 0) is 33.6 Å². The summed E-state index contributed by atoms with van der Waals surface area (Å²) in [6.45, 7) is 6.10. The first-order chi connectivity index (χ1) is 11.9. The van der Waals surface area contributed by atoms with Gasteiger partial charge in [0.1, 0.15) is 0 Å². The zero-order valence-corrected chi connectivity index (χ0v) is 15.8. The van der Waals surface area contributed by atoms with Gasteiger partial charge in [-0.25, -0.2) is 0 Å². The summed E-state index contributed by atoms with van der Waals surface area (Å²) in [5, 5.41) is 6.91. The van der Waals surface area contributed by atoms with Gasteiger partial charge in [0, 0.05) is 18.5 Å². The van der Waals surface area contributed by atoms with Gasteiger partial charge < -0.3 is 9.84 Å². The summed E-state index contributed by atoms with van der Waals surface area (Å²) in [5.41, 5.74) is 2.62. The maximum absolute atomic E-state index is 11.7. The quantitative estimate of drug-likeness (QED) is 0.467. The van der Waals surface area contributed by atoms with Crippen molar-refractivity contribution in [3.8, 4) is 23.2 Å². The third-order valence-electron chi connectivity index (χ3n) is 3.68. The van der Waals surface area contributed by atoms with E-state index in [-0.39, 0.29) is 5.91 Å². The van der Waals surface area contributed by atoms with E-state index in [4.69, 9.17) is 4.52 Å². The molecule has 0 radical (unpaired) electrons. The van der Waals surface area contributed by atoms with E-state index in [9.17, 15) is 4.79 Å². The highest BCUT2D eigenvalue weighted by Crippen LogP contribution is 2.25. The van der Waals surface area contributed by atoms with Crippen molar-refractivity contribution in [2.45, 2.75) is 44.8 Å². The Hall–Kier alpha value is -2.19. The minimum atomic E-state index is -0.639. The number of thiol groups is 1. The number of nitrogens with zero attached hydrogens (tertiary/aromatic N) is 1. The molecule has 0 aliphatic heterocycles. The van der Waals surface area contributed by atoms with E-state index in [0.29, 0.717) is 12.3 Å². The van der Waals surface area contributed by atoms with Crippen molar-refractivity contribution in [3.63, 3.8) is 0 Å². The standard InChI is InChI=1S/C20H24N2O2S/c1-15-17(18(24-22-15)16-11-7-6-8-12-16)13-9-4-5-10-14-21-19(23)20(2,3)25/h6-8,11-12,25H,4-5,10,14H2,1-3H3,(H,21,23). The molecule has 1 amide bonds. The molecule has 0 fully saturated rings. The molecule has 0 saturated heterocycles. The van der Waals surface area contributed by atoms with Gasteiger partial charge in [0.15, 0.2) is 5.76 Å². The lowest BCUT2D eigenvalue weighted by Gasteiger charge is -2.16. The normalized spacial score (nSPS) is 10.9. The molecule has 1 N–H and O–H groups in total. The Morgan fingerprint density at radius 3 is 2.68 bits per heavy atom. The van der Waals surface area contributed by atoms with Crippen LogP contribution in [0.15, 0.2) is 34.9 Å². The molecular weight excluding hydrogens is 332 g/mol. The zero-order valence-electron chi connectivity index (χ0n) is 14.9. The number of nitrogens with one attached hydrogen (secondary N) is 1. The molecular formula is C20H24N2O2S. The molecule has 0 unspecified atom stereocenters. The van der Waals surface area contributed by atoms with E-state index in [0.717, 1.165) is 36.1 Å². The van der Waals surface area contributed by atoms with Crippen LogP contribution < -0.4 is 5.32 Å². The number of aryl methyl sites for hydroxylation is 1. The average Bonchev–Trinajstić information content (AvgIpc) is 2.94. The Labute approximate surface area is 154 Å². The highest BCUT2D eigenvalue weighted by atomic mass is 32.1. The van der Waals surface area contributed by atoms with E-state index in [2.05, 4.69) is 34.9 Å². The summed E-state index contributed by atoms with van der Waals surface area (Å²) in [5.74, 6) is 7.03. The van der Waals surface area contributed by atoms with Crippen LogP contribution in [0, 0.1) is 18.8 Å². The number of rotatable bonds is 6. The second kappa shape index (κ2) is 8.77. The number of benzene rings is 1. The third-order valence-corrected chi connectivity index (χ3v) is 3.88. The number of aromatic nitrogens is 1. The minimum Gasteiger partial charge on any atom is -0.355 e. The molecule has 0 aliphatic rings. The van der Waals surface area contributed by atoms with Crippen LogP contribution in [0.3, 0.4) is 0 Å². The van der Waals surface area contributed by atoms with Gasteiger partial charge in [-0.2, -0.15) is 12.6 Å². The predicted molar refractivity (Wildman–Crippen MR) is 103 cm³/mol. The lowest BCUT2D eigenvalue weighted by molar-refractivity contribution is -0.122. The fourth-order valence-corrected chi connectivity index (χ4v) is 2.29. The molecule has 0 bridgehead atoms. The summed E-state index contributed by atoms with van der Waals surface area (Å²) in [6.07, 6.45) is 2.57. The van der Waals surface area contributed by atoms with Crippen LogP contribution in [0.25, 0.3) is 11.3 Å². The third kappa shape index (κ3) is 5.68. The second-order valence-electron chi connectivity index (χ2n) is 6.41. The van der Waals surface area contributed by atoms with Crippen LogP contribution in [0.4, 0.5) is 0 Å². The fourth-order valence-electron chi connectivity index (χ4n) is 2.21. The zero-order chi connectivity index (χ0) is 18.3. The van der Waals surface area contributed by atoms with Crippen molar-refractivity contribution in [1.29, 1.82) is 0 Å². The highest BCUT2D eigenvalue weighted by Gasteiger charge is 2.21. The van der Waals surface area contributed by atoms with E-state index in [1.165, 1.54) is 0 Å². The molecule has 0 atom stereocenters. The number of unbranched alkanes of at least 4 members (excludes halogenated alkanes) is 2. The van der Waals surface area contributed by atoms with Gasteiger partial charge in [0.2, 0.25) is 5.91 Å². The summed E-state index contributed by atoms with van der Waals surface area (Å²) in [6, 6.07) is 9.86. The maximum atomic E-state index is 11.7. The molecule has 132 valence electrons. The molecule has 2 aromatic rings. The lowest BCUT2D eigenvalue weighted by atomic mass is 10.1. The summed E-state index contributed by atoms with van der Waals surface area (Å²) < 4.78 is 4.79. The fraction of sp³-hybridized carbons (Fsp3) is 0.400. The smallest absolute Gasteiger partial charge is 0.235 e. The summed E-state index contributed by atoms with van der Waals surface area (Å²) in [4.78, 5) is 11.7. The van der Waals surface area contributed by atoms with Crippen molar-refractivity contribution in [2.75, 3.05) is 6.54 Å². The molecule has 0 spiro atoms. The van der Waals surface area contributed by atoms with Gasteiger partial charge in [-0.3, -0.25) is 4.79 Å². The van der Waals surface area contributed by atoms with Crippen LogP contribution in [0.2, 0.25) is 0 Å². The first-order valence-corrected chi connectivity index (χ1v) is 8.85. The molecule has 0 aliphatic carbocycles. The van der Waals surface area contributed by atoms with Crippen molar-refractivity contribution < 1.29 is 9.32 Å². The Bertz CT molecular complexity index is 764. The van der Waals surface area contributed by atoms with Gasteiger partial charge >= 0.3 is 0 Å². The highest BCUT2D eigenvalue weighted by molar-refractivity contribution is 7.82. The van der Waals surface area contributed by atoms with Crippen LogP contribution in [-0.4, -0.2) is 22.4 Å². The number of amides is 1. The van der Waals surface area contributed by atoms with Crippen LogP contribution in [0.1, 0.15) is 44.4 Å². The van der Waals surface area contributed by atoms with Crippen LogP contribution >= 0.6 is 12.6 Å². The Kier molecular flexibility index (Phi) is 6.72. The second-order valence-corrected chi connectivity index (χ2v) is 7.53. The number of carbonyl (C=O) groups is 1. The predicted octanol–water partition coefficient (Wildman–Crippen LogP) is 4.00. The van der Waals surface area contributed by atoms with Gasteiger partial charge in [-0.1, -0.05) is 47.3 Å². The molecule has 4 nitrogen and oxygen atoms in total. The monoisotopic (exact) mass is 356 g/mol. The number of carbonyl (C=O) groups excluding carboxylic acids is 1. The number of hydrogen-bond acceptors (Lipinski definition) is 4. The van der Waals surface area contributed by atoms with Crippen molar-refractivity contribution in [1.82, 2.24) is 10.5 Å². The van der Waals surface area contributed by atoms with Crippen molar-refractivity contribution in [2.24, 2.45) is 0 Å². The minimum absolute atomic E-state index is 0.0467. The molecule has 1 aromatic carbocycles. The summed E-state index contributed by atoms with van der Waals surface area (Å²) >= 11 is 4.24. The molecule has 1 aromatic heterocycles. The molecule has 5 heteroatoms. The van der Waals surface area contributed by atoms with Crippen LogP contribution in [0.5, 0.6) is 0 Å². The number of hydrogen-bond donors (Lipinski definition) is 2. The van der Waals surface area contributed by atoms with Crippen molar-refractivity contribution in [3.05, 3.63) is 41.6 Å². The lowest BCUT2D eigenvalue weighted by Crippen LogP contribution is -2.38. The Morgan fingerprint density at radius 2 is 2.00 bits per heavy atom. The van der Waals surface area contributed by atoms with E-state index in [1.54, 1.807) is 13.8 Å². The molecule has 1 heterocycles. The molecule has 25 heavy (non-hydrogen) atoms. The first kappa shape index (κ1) is 19.1. The van der Waals surface area contributed by atoms with Gasteiger partial charge in [-0.15, -0.1) is 0 Å². The van der Waals surface area contributed by atoms with E-state index < -0.39 is 4.75 Å². The SMILES string of the molecule is Cc1noc(-c2ccccc2)c1C#CCCCCNC(=O)C(C)(C)S.